The average molecular weight is 420 g/mol. The van der Waals surface area contributed by atoms with Gasteiger partial charge in [0.05, 0.1) is 11.0 Å². The van der Waals surface area contributed by atoms with Crippen molar-refractivity contribution in [3.63, 3.8) is 0 Å². The molecule has 1 heterocycles. The Bertz CT molecular complexity index is 1120. The summed E-state index contributed by atoms with van der Waals surface area (Å²) in [6.07, 6.45) is 3.32. The second kappa shape index (κ2) is 8.92. The van der Waals surface area contributed by atoms with Crippen LogP contribution in [0.5, 0.6) is 0 Å². The smallest absolute Gasteiger partial charge is 0.240 e. The molecule has 1 fully saturated rings. The number of carbonyl (C=O) groups is 2. The van der Waals surface area contributed by atoms with Gasteiger partial charge in [-0.2, -0.15) is 0 Å². The number of fused-ring (bicyclic) bond motifs is 2. The Labute approximate surface area is 181 Å². The highest BCUT2D eigenvalue weighted by molar-refractivity contribution is 5.94. The lowest BCUT2D eigenvalue weighted by atomic mass is 9.85. The standard InChI is InChI=1S/C25H29N3O3/c1-16(2)26-25(31)17-8-7-9-18(14-17)27-23(29)15-28-21-12-5-3-10-19(21)24(30)20-11-4-6-13-22(20)28/h3-6,10-13,16-18H,7-9,14-15H2,1-2H3,(H,26,31)(H,27,29). The van der Waals surface area contributed by atoms with Gasteiger partial charge in [-0.15, -0.1) is 0 Å². The molecule has 1 aromatic heterocycles. The Kier molecular flexibility index (Phi) is 6.07. The number of aromatic nitrogens is 1. The molecule has 2 unspecified atom stereocenters. The number of rotatable bonds is 5. The third kappa shape index (κ3) is 4.48. The van der Waals surface area contributed by atoms with Crippen LogP contribution in [-0.2, 0) is 16.1 Å². The summed E-state index contributed by atoms with van der Waals surface area (Å²) in [6, 6.07) is 14.9. The molecule has 0 saturated heterocycles. The number of nitrogens with one attached hydrogen (secondary N) is 2. The van der Waals surface area contributed by atoms with Gasteiger partial charge in [-0.3, -0.25) is 14.4 Å². The zero-order chi connectivity index (χ0) is 22.0. The number of nitrogens with zero attached hydrogens (tertiary/aromatic N) is 1. The van der Waals surface area contributed by atoms with Crippen molar-refractivity contribution in [2.75, 3.05) is 0 Å². The lowest BCUT2D eigenvalue weighted by Crippen LogP contribution is -2.44. The van der Waals surface area contributed by atoms with E-state index in [9.17, 15) is 14.4 Å². The number of pyridine rings is 1. The van der Waals surface area contributed by atoms with Crippen molar-refractivity contribution < 1.29 is 9.59 Å². The fourth-order valence-corrected chi connectivity index (χ4v) is 4.63. The number of hydrogen-bond acceptors (Lipinski definition) is 3. The molecule has 0 spiro atoms. The second-order valence-corrected chi connectivity index (χ2v) is 8.74. The van der Waals surface area contributed by atoms with Crippen molar-refractivity contribution in [2.45, 2.75) is 58.2 Å². The molecule has 3 aromatic rings. The maximum absolute atomic E-state index is 13.0. The molecule has 2 atom stereocenters. The Morgan fingerprint density at radius 3 is 2.23 bits per heavy atom. The molecule has 1 aliphatic carbocycles. The first kappa shape index (κ1) is 21.1. The van der Waals surface area contributed by atoms with Crippen LogP contribution in [0.2, 0.25) is 0 Å². The average Bonchev–Trinajstić information content (AvgIpc) is 2.76. The van der Waals surface area contributed by atoms with E-state index in [-0.39, 0.29) is 41.8 Å². The van der Waals surface area contributed by atoms with Gasteiger partial charge in [0.25, 0.3) is 0 Å². The maximum atomic E-state index is 13.0. The minimum absolute atomic E-state index is 0.0129. The number of para-hydroxylation sites is 2. The van der Waals surface area contributed by atoms with Crippen LogP contribution < -0.4 is 16.1 Å². The van der Waals surface area contributed by atoms with Gasteiger partial charge in [0, 0.05) is 28.8 Å². The zero-order valence-electron chi connectivity index (χ0n) is 18.1. The number of hydrogen-bond donors (Lipinski definition) is 2. The van der Waals surface area contributed by atoms with Gasteiger partial charge in [-0.25, -0.2) is 0 Å². The topological polar surface area (TPSA) is 80.2 Å². The Hall–Kier alpha value is -3.15. The molecule has 162 valence electrons. The minimum atomic E-state index is -0.103. The van der Waals surface area contributed by atoms with Crippen molar-refractivity contribution in [3.05, 3.63) is 58.8 Å². The molecule has 0 bridgehead atoms. The van der Waals surface area contributed by atoms with Gasteiger partial charge >= 0.3 is 0 Å². The number of amides is 2. The third-order valence-electron chi connectivity index (χ3n) is 6.02. The van der Waals surface area contributed by atoms with Crippen molar-refractivity contribution in [1.82, 2.24) is 15.2 Å². The molecule has 31 heavy (non-hydrogen) atoms. The summed E-state index contributed by atoms with van der Waals surface area (Å²) in [5.41, 5.74) is 1.48. The number of carbonyl (C=O) groups excluding carboxylic acids is 2. The Morgan fingerprint density at radius 1 is 1.00 bits per heavy atom. The molecular formula is C25H29N3O3. The molecular weight excluding hydrogens is 390 g/mol. The molecule has 2 aromatic carbocycles. The molecule has 2 N–H and O–H groups in total. The molecule has 4 rings (SSSR count). The first-order valence-corrected chi connectivity index (χ1v) is 11.0. The lowest BCUT2D eigenvalue weighted by molar-refractivity contribution is -0.128. The molecule has 0 aliphatic heterocycles. The van der Waals surface area contributed by atoms with Crippen LogP contribution in [0.4, 0.5) is 0 Å². The predicted octanol–water partition coefficient (Wildman–Crippen LogP) is 3.35. The fraction of sp³-hybridized carbons (Fsp3) is 0.400. The fourth-order valence-electron chi connectivity index (χ4n) is 4.63. The van der Waals surface area contributed by atoms with Crippen molar-refractivity contribution in [2.24, 2.45) is 5.92 Å². The van der Waals surface area contributed by atoms with Crippen LogP contribution in [0.25, 0.3) is 21.8 Å². The first-order chi connectivity index (χ1) is 14.9. The molecule has 0 radical (unpaired) electrons. The molecule has 6 heteroatoms. The third-order valence-corrected chi connectivity index (χ3v) is 6.02. The van der Waals surface area contributed by atoms with Crippen molar-refractivity contribution in [3.8, 4) is 0 Å². The van der Waals surface area contributed by atoms with Crippen LogP contribution in [0.3, 0.4) is 0 Å². The van der Waals surface area contributed by atoms with E-state index in [2.05, 4.69) is 10.6 Å². The van der Waals surface area contributed by atoms with E-state index >= 15 is 0 Å². The second-order valence-electron chi connectivity index (χ2n) is 8.74. The van der Waals surface area contributed by atoms with Gasteiger partial charge in [0.2, 0.25) is 11.8 Å². The molecule has 1 saturated carbocycles. The zero-order valence-corrected chi connectivity index (χ0v) is 18.1. The van der Waals surface area contributed by atoms with E-state index in [1.165, 1.54) is 0 Å². The van der Waals surface area contributed by atoms with Gasteiger partial charge in [-0.1, -0.05) is 30.7 Å². The van der Waals surface area contributed by atoms with Gasteiger partial charge in [0.1, 0.15) is 6.54 Å². The summed E-state index contributed by atoms with van der Waals surface area (Å²) >= 11 is 0. The highest BCUT2D eigenvalue weighted by atomic mass is 16.2. The summed E-state index contributed by atoms with van der Waals surface area (Å²) in [5.74, 6) is -0.0873. The van der Waals surface area contributed by atoms with E-state index in [1.807, 2.05) is 54.8 Å². The summed E-state index contributed by atoms with van der Waals surface area (Å²) in [5, 5.41) is 7.33. The van der Waals surface area contributed by atoms with Crippen molar-refractivity contribution in [1.29, 1.82) is 0 Å². The molecule has 2 amide bonds. The van der Waals surface area contributed by atoms with Gasteiger partial charge in [-0.05, 0) is 57.4 Å². The normalized spacial score (nSPS) is 18.9. The first-order valence-electron chi connectivity index (χ1n) is 11.0. The highest BCUT2D eigenvalue weighted by Gasteiger charge is 2.28. The molecule has 1 aliphatic rings. The van der Waals surface area contributed by atoms with E-state index in [0.29, 0.717) is 17.2 Å². The van der Waals surface area contributed by atoms with Gasteiger partial charge < -0.3 is 15.2 Å². The number of benzene rings is 2. The van der Waals surface area contributed by atoms with Gasteiger partial charge in [0.15, 0.2) is 5.43 Å². The monoisotopic (exact) mass is 419 g/mol. The predicted molar refractivity (Wildman–Crippen MR) is 123 cm³/mol. The Balaban J connectivity index is 1.55. The van der Waals surface area contributed by atoms with Crippen molar-refractivity contribution >= 4 is 33.6 Å². The SMILES string of the molecule is CC(C)NC(=O)C1CCCC(NC(=O)Cn2c3ccccc3c(=O)c3ccccc32)C1. The quantitative estimate of drug-likeness (QED) is 0.623. The maximum Gasteiger partial charge on any atom is 0.240 e. The van der Waals surface area contributed by atoms with Crippen LogP contribution in [0, 0.1) is 5.92 Å². The lowest BCUT2D eigenvalue weighted by Gasteiger charge is -2.29. The van der Waals surface area contributed by atoms with Crippen LogP contribution in [-0.4, -0.2) is 28.5 Å². The van der Waals surface area contributed by atoms with Crippen LogP contribution in [0.1, 0.15) is 39.5 Å². The van der Waals surface area contributed by atoms with E-state index < -0.39 is 0 Å². The van der Waals surface area contributed by atoms with E-state index in [0.717, 1.165) is 30.3 Å². The van der Waals surface area contributed by atoms with Crippen LogP contribution >= 0.6 is 0 Å². The largest absolute Gasteiger partial charge is 0.354 e. The summed E-state index contributed by atoms with van der Waals surface area (Å²) in [7, 11) is 0. The summed E-state index contributed by atoms with van der Waals surface area (Å²) in [4.78, 5) is 38.3. The minimum Gasteiger partial charge on any atom is -0.354 e. The summed E-state index contributed by atoms with van der Waals surface area (Å²) in [6.45, 7) is 4.04. The van der Waals surface area contributed by atoms with Crippen LogP contribution in [0.15, 0.2) is 53.3 Å². The summed E-state index contributed by atoms with van der Waals surface area (Å²) < 4.78 is 1.91. The van der Waals surface area contributed by atoms with E-state index in [4.69, 9.17) is 0 Å². The highest BCUT2D eigenvalue weighted by Crippen LogP contribution is 2.25. The molecule has 6 nitrogen and oxygen atoms in total. The Morgan fingerprint density at radius 2 is 1.61 bits per heavy atom. The van der Waals surface area contributed by atoms with E-state index in [1.54, 1.807) is 12.1 Å².